The first-order valence-electron chi connectivity index (χ1n) is 8.09. The van der Waals surface area contributed by atoms with Crippen molar-refractivity contribution in [2.75, 3.05) is 10.6 Å². The Bertz CT molecular complexity index is 1050. The van der Waals surface area contributed by atoms with E-state index in [0.717, 1.165) is 0 Å². The van der Waals surface area contributed by atoms with Crippen molar-refractivity contribution >= 4 is 34.6 Å². The van der Waals surface area contributed by atoms with Gasteiger partial charge < -0.3 is 10.6 Å². The van der Waals surface area contributed by atoms with Crippen LogP contribution in [0.3, 0.4) is 0 Å². The number of rotatable bonds is 4. The molecule has 0 fully saturated rings. The van der Waals surface area contributed by atoms with Gasteiger partial charge in [-0.3, -0.25) is 14.9 Å². The Morgan fingerprint density at radius 1 is 0.667 bits per heavy atom. The van der Waals surface area contributed by atoms with Gasteiger partial charge in [-0.1, -0.05) is 0 Å². The maximum Gasteiger partial charge on any atom is 0.261 e. The molecule has 0 bridgehead atoms. The molecule has 1 heterocycles. The second kappa shape index (κ2) is 6.53. The van der Waals surface area contributed by atoms with E-state index >= 15 is 0 Å². The molecule has 1 aliphatic rings. The Hall–Kier alpha value is -3.74. The molecule has 0 unspecified atom stereocenters. The third-order valence-electron chi connectivity index (χ3n) is 4.14. The van der Waals surface area contributed by atoms with E-state index in [1.54, 1.807) is 18.2 Å². The smallest absolute Gasteiger partial charge is 0.261 e. The highest BCUT2D eigenvalue weighted by Crippen LogP contribution is 2.36. The molecule has 0 aliphatic carbocycles. The van der Waals surface area contributed by atoms with Gasteiger partial charge in [-0.25, -0.2) is 8.78 Å². The molecule has 0 atom stereocenters. The molecular formula is C20H13F2N3O2. The SMILES string of the molecule is O=C1NC(=O)c2c1ccc(Nc1ccc(F)cc1)c2Nc1ccc(F)cc1. The number of hydrogen-bond donors (Lipinski definition) is 3. The lowest BCUT2D eigenvalue weighted by Crippen LogP contribution is -2.20. The highest BCUT2D eigenvalue weighted by Gasteiger charge is 2.31. The number of hydrogen-bond acceptors (Lipinski definition) is 4. The molecule has 7 heteroatoms. The third kappa shape index (κ3) is 3.22. The number of carbonyl (C=O) groups excluding carboxylic acids is 2. The van der Waals surface area contributed by atoms with Crippen LogP contribution in [0.25, 0.3) is 0 Å². The molecule has 4 rings (SSSR count). The highest BCUT2D eigenvalue weighted by atomic mass is 19.1. The maximum absolute atomic E-state index is 13.2. The van der Waals surface area contributed by atoms with Gasteiger partial charge in [0, 0.05) is 11.4 Å². The van der Waals surface area contributed by atoms with Crippen LogP contribution >= 0.6 is 0 Å². The van der Waals surface area contributed by atoms with Gasteiger partial charge in [0.15, 0.2) is 0 Å². The Balaban J connectivity index is 1.79. The minimum absolute atomic E-state index is 0.191. The standard InChI is InChI=1S/C20H13F2N3O2/c21-11-1-5-13(6-2-11)23-16-10-9-15-17(20(27)25-19(15)26)18(16)24-14-7-3-12(22)4-8-14/h1-10,23-24H,(H,25,26,27). The fourth-order valence-corrected chi connectivity index (χ4v) is 2.86. The van der Waals surface area contributed by atoms with Crippen molar-refractivity contribution in [2.24, 2.45) is 0 Å². The van der Waals surface area contributed by atoms with Crippen LogP contribution in [0.2, 0.25) is 0 Å². The lowest BCUT2D eigenvalue weighted by Gasteiger charge is -2.17. The van der Waals surface area contributed by atoms with Crippen LogP contribution in [0.15, 0.2) is 60.7 Å². The van der Waals surface area contributed by atoms with Gasteiger partial charge in [0.05, 0.1) is 22.5 Å². The third-order valence-corrected chi connectivity index (χ3v) is 4.14. The topological polar surface area (TPSA) is 70.2 Å². The van der Waals surface area contributed by atoms with E-state index in [4.69, 9.17) is 0 Å². The van der Waals surface area contributed by atoms with E-state index in [-0.39, 0.29) is 16.9 Å². The van der Waals surface area contributed by atoms with Crippen molar-refractivity contribution < 1.29 is 18.4 Å². The molecule has 1 aliphatic heterocycles. The van der Waals surface area contributed by atoms with E-state index in [2.05, 4.69) is 16.0 Å². The van der Waals surface area contributed by atoms with Crippen molar-refractivity contribution in [1.82, 2.24) is 5.32 Å². The number of benzene rings is 3. The molecule has 0 spiro atoms. The number of halogens is 2. The summed E-state index contributed by atoms with van der Waals surface area (Å²) in [6.07, 6.45) is 0. The van der Waals surface area contributed by atoms with Gasteiger partial charge in [-0.2, -0.15) is 0 Å². The number of nitrogens with one attached hydrogen (secondary N) is 3. The van der Waals surface area contributed by atoms with Gasteiger partial charge in [-0.05, 0) is 60.7 Å². The van der Waals surface area contributed by atoms with Crippen LogP contribution in [0.5, 0.6) is 0 Å². The second-order valence-corrected chi connectivity index (χ2v) is 5.96. The first-order chi connectivity index (χ1) is 13.0. The van der Waals surface area contributed by atoms with Crippen LogP contribution in [0.4, 0.5) is 31.5 Å². The van der Waals surface area contributed by atoms with Crippen molar-refractivity contribution in [1.29, 1.82) is 0 Å². The molecule has 0 aromatic heterocycles. The van der Waals surface area contributed by atoms with Crippen LogP contribution < -0.4 is 16.0 Å². The molecular weight excluding hydrogens is 352 g/mol. The molecule has 0 saturated heterocycles. The molecule has 3 aromatic carbocycles. The number of amides is 2. The Morgan fingerprint density at radius 3 is 1.81 bits per heavy atom. The molecule has 2 amide bonds. The minimum Gasteiger partial charge on any atom is -0.354 e. The van der Waals surface area contributed by atoms with Crippen molar-refractivity contribution in [3.63, 3.8) is 0 Å². The van der Waals surface area contributed by atoms with Gasteiger partial charge in [0.2, 0.25) is 0 Å². The largest absolute Gasteiger partial charge is 0.354 e. The zero-order valence-corrected chi connectivity index (χ0v) is 13.8. The monoisotopic (exact) mass is 365 g/mol. The van der Waals surface area contributed by atoms with Gasteiger partial charge >= 0.3 is 0 Å². The van der Waals surface area contributed by atoms with E-state index in [1.165, 1.54) is 42.5 Å². The van der Waals surface area contributed by atoms with E-state index in [9.17, 15) is 18.4 Å². The van der Waals surface area contributed by atoms with Crippen LogP contribution in [-0.4, -0.2) is 11.8 Å². The van der Waals surface area contributed by atoms with E-state index in [0.29, 0.717) is 22.7 Å². The Morgan fingerprint density at radius 2 is 1.22 bits per heavy atom. The van der Waals surface area contributed by atoms with Gasteiger partial charge in [0.1, 0.15) is 11.6 Å². The van der Waals surface area contributed by atoms with Crippen molar-refractivity contribution in [3.8, 4) is 0 Å². The summed E-state index contributed by atoms with van der Waals surface area (Å²) in [7, 11) is 0. The summed E-state index contributed by atoms with van der Waals surface area (Å²) < 4.78 is 26.3. The minimum atomic E-state index is -0.526. The number of imide groups is 1. The van der Waals surface area contributed by atoms with E-state index < -0.39 is 17.6 Å². The first kappa shape index (κ1) is 16.7. The molecule has 5 nitrogen and oxygen atoms in total. The van der Waals surface area contributed by atoms with Crippen LogP contribution in [0.1, 0.15) is 20.7 Å². The first-order valence-corrected chi connectivity index (χ1v) is 8.09. The van der Waals surface area contributed by atoms with Gasteiger partial charge in [0.25, 0.3) is 11.8 Å². The van der Waals surface area contributed by atoms with Crippen molar-refractivity contribution in [2.45, 2.75) is 0 Å². The summed E-state index contributed by atoms with van der Waals surface area (Å²) in [6, 6.07) is 14.5. The van der Waals surface area contributed by atoms with Crippen LogP contribution in [-0.2, 0) is 0 Å². The van der Waals surface area contributed by atoms with Crippen molar-refractivity contribution in [3.05, 3.63) is 83.4 Å². The summed E-state index contributed by atoms with van der Waals surface area (Å²) in [5, 5.41) is 8.43. The number of fused-ring (bicyclic) bond motifs is 1. The zero-order chi connectivity index (χ0) is 19.0. The average molecular weight is 365 g/mol. The zero-order valence-electron chi connectivity index (χ0n) is 13.8. The molecule has 27 heavy (non-hydrogen) atoms. The van der Waals surface area contributed by atoms with E-state index in [1.807, 2.05) is 0 Å². The molecule has 3 N–H and O–H groups in total. The quantitative estimate of drug-likeness (QED) is 0.602. The van der Waals surface area contributed by atoms with Gasteiger partial charge in [-0.15, -0.1) is 0 Å². The number of carbonyl (C=O) groups is 2. The Kier molecular flexibility index (Phi) is 4.04. The highest BCUT2D eigenvalue weighted by molar-refractivity contribution is 6.25. The average Bonchev–Trinajstić information content (AvgIpc) is 2.95. The molecule has 0 radical (unpaired) electrons. The summed E-state index contributed by atoms with van der Waals surface area (Å²) >= 11 is 0. The fraction of sp³-hybridized carbons (Fsp3) is 0. The predicted octanol–water partition coefficient (Wildman–Crippen LogP) is 4.34. The maximum atomic E-state index is 13.2. The second-order valence-electron chi connectivity index (χ2n) is 5.96. The van der Waals surface area contributed by atoms with Crippen LogP contribution in [0, 0.1) is 11.6 Å². The summed E-state index contributed by atoms with van der Waals surface area (Å²) in [6.45, 7) is 0. The normalized spacial score (nSPS) is 12.5. The summed E-state index contributed by atoms with van der Waals surface area (Å²) in [4.78, 5) is 24.2. The summed E-state index contributed by atoms with van der Waals surface area (Å²) in [5.41, 5.74) is 2.45. The fourth-order valence-electron chi connectivity index (χ4n) is 2.86. The predicted molar refractivity (Wildman–Crippen MR) is 97.6 cm³/mol. The molecule has 134 valence electrons. The molecule has 3 aromatic rings. The lowest BCUT2D eigenvalue weighted by molar-refractivity contribution is 0.0880. The number of anilines is 4. The molecule has 0 saturated carbocycles. The summed E-state index contributed by atoms with van der Waals surface area (Å²) in [5.74, 6) is -1.77. The Labute approximate surface area is 153 Å². The lowest BCUT2D eigenvalue weighted by atomic mass is 10.0.